The Balaban J connectivity index is 2.62. The van der Waals surface area contributed by atoms with Gasteiger partial charge < -0.3 is 10.7 Å². The van der Waals surface area contributed by atoms with Crippen LogP contribution in [-0.2, 0) is 16.2 Å². The number of nitrogens with two attached hydrogens (primary N) is 1. The minimum atomic E-state index is -4.51. The summed E-state index contributed by atoms with van der Waals surface area (Å²) in [5.74, 6) is 4.94. The topological polar surface area (TPSA) is 109 Å². The molecule has 1 aromatic heterocycles. The number of halogens is 3. The molecule has 0 unspecified atom stereocenters. The van der Waals surface area contributed by atoms with Crippen LogP contribution in [0.4, 0.5) is 24.8 Å². The van der Waals surface area contributed by atoms with Gasteiger partial charge in [0, 0.05) is 13.1 Å². The Morgan fingerprint density at radius 1 is 1.24 bits per heavy atom. The number of nitrogens with zero attached hydrogens (tertiary/aromatic N) is 1. The summed E-state index contributed by atoms with van der Waals surface area (Å²) in [4.78, 5) is 3.83. The molecule has 5 N–H and O–H groups in total. The third kappa shape index (κ3) is 6.60. The van der Waals surface area contributed by atoms with Crippen molar-refractivity contribution < 1.29 is 21.6 Å². The van der Waals surface area contributed by atoms with E-state index in [2.05, 4.69) is 20.4 Å². The molecule has 120 valence electrons. The van der Waals surface area contributed by atoms with Gasteiger partial charge in [-0.05, 0) is 18.6 Å². The van der Waals surface area contributed by atoms with Crippen molar-refractivity contribution in [2.24, 2.45) is 5.84 Å². The molecule has 0 saturated heterocycles. The summed E-state index contributed by atoms with van der Waals surface area (Å²) >= 11 is 0. The molecule has 0 aliphatic heterocycles. The van der Waals surface area contributed by atoms with Gasteiger partial charge in [-0.2, -0.15) is 13.2 Å². The fraction of sp³-hybridized carbons (Fsp3) is 0.500. The van der Waals surface area contributed by atoms with Gasteiger partial charge in [-0.15, -0.1) is 0 Å². The first kappa shape index (κ1) is 17.5. The average molecular weight is 327 g/mol. The Kier molecular flexibility index (Phi) is 5.75. The number of nitrogens with one attached hydrogen (secondary N) is 3. The summed E-state index contributed by atoms with van der Waals surface area (Å²) in [5, 5.41) is 2.68. The number of rotatable bonds is 7. The predicted octanol–water partition coefficient (Wildman–Crippen LogP) is 0.737. The number of nitrogen functional groups attached to an aromatic ring is 1. The van der Waals surface area contributed by atoms with Gasteiger partial charge >= 0.3 is 6.18 Å². The van der Waals surface area contributed by atoms with Crippen LogP contribution in [0.1, 0.15) is 12.0 Å². The van der Waals surface area contributed by atoms with E-state index >= 15 is 0 Å². The maximum atomic E-state index is 12.7. The third-order valence-corrected chi connectivity index (χ3v) is 3.05. The molecule has 1 heterocycles. The van der Waals surface area contributed by atoms with E-state index < -0.39 is 21.8 Å². The highest BCUT2D eigenvalue weighted by molar-refractivity contribution is 7.88. The lowest BCUT2D eigenvalue weighted by molar-refractivity contribution is -0.137. The average Bonchev–Trinajstić information content (AvgIpc) is 2.35. The minimum Gasteiger partial charge on any atom is -0.370 e. The fourth-order valence-corrected chi connectivity index (χ4v) is 1.94. The van der Waals surface area contributed by atoms with Crippen LogP contribution in [-0.4, -0.2) is 32.7 Å². The van der Waals surface area contributed by atoms with E-state index in [0.29, 0.717) is 6.42 Å². The van der Waals surface area contributed by atoms with Crippen LogP contribution in [0.2, 0.25) is 0 Å². The van der Waals surface area contributed by atoms with Crippen molar-refractivity contribution in [3.8, 4) is 0 Å². The first-order valence-corrected chi connectivity index (χ1v) is 7.75. The number of hydrogen-bond donors (Lipinski definition) is 4. The highest BCUT2D eigenvalue weighted by Crippen LogP contribution is 2.31. The van der Waals surface area contributed by atoms with Gasteiger partial charge in [-0.3, -0.25) is 0 Å². The molecule has 0 radical (unpaired) electrons. The molecule has 0 amide bonds. The van der Waals surface area contributed by atoms with Crippen LogP contribution < -0.4 is 21.3 Å². The molecular weight excluding hydrogens is 311 g/mol. The van der Waals surface area contributed by atoms with Crippen molar-refractivity contribution >= 4 is 21.7 Å². The van der Waals surface area contributed by atoms with Crippen molar-refractivity contribution in [2.75, 3.05) is 30.1 Å². The van der Waals surface area contributed by atoms with E-state index in [-0.39, 0.29) is 24.7 Å². The zero-order chi connectivity index (χ0) is 16.1. The Morgan fingerprint density at radius 3 is 2.38 bits per heavy atom. The monoisotopic (exact) mass is 327 g/mol. The Morgan fingerprint density at radius 2 is 1.86 bits per heavy atom. The molecule has 0 spiro atoms. The summed E-state index contributed by atoms with van der Waals surface area (Å²) < 4.78 is 61.9. The summed E-state index contributed by atoms with van der Waals surface area (Å²) in [6.07, 6.45) is -3.10. The second kappa shape index (κ2) is 6.91. The molecule has 7 nitrogen and oxygen atoms in total. The summed E-state index contributed by atoms with van der Waals surface area (Å²) in [5.41, 5.74) is 1.17. The normalized spacial score (nSPS) is 12.2. The Bertz CT molecular complexity index is 577. The number of hydrogen-bond acceptors (Lipinski definition) is 6. The van der Waals surface area contributed by atoms with Crippen LogP contribution in [0.25, 0.3) is 0 Å². The van der Waals surface area contributed by atoms with Gasteiger partial charge in [0.2, 0.25) is 10.0 Å². The molecule has 1 aromatic rings. The lowest BCUT2D eigenvalue weighted by Gasteiger charge is -2.12. The number of anilines is 2. The molecular formula is C10H16F3N5O2S. The van der Waals surface area contributed by atoms with Crippen molar-refractivity contribution in [1.82, 2.24) is 9.71 Å². The number of pyridine rings is 1. The molecule has 0 aliphatic rings. The fourth-order valence-electron chi connectivity index (χ4n) is 1.42. The lowest BCUT2D eigenvalue weighted by atomic mass is 10.2. The summed E-state index contributed by atoms with van der Waals surface area (Å²) in [6, 6.07) is 1.64. The van der Waals surface area contributed by atoms with Crippen LogP contribution in [0.3, 0.4) is 0 Å². The van der Waals surface area contributed by atoms with Crippen LogP contribution in [0, 0.1) is 0 Å². The molecule has 0 bridgehead atoms. The second-order valence-corrected chi connectivity index (χ2v) is 6.05. The second-order valence-electron chi connectivity index (χ2n) is 4.22. The zero-order valence-corrected chi connectivity index (χ0v) is 12.0. The van der Waals surface area contributed by atoms with Crippen molar-refractivity contribution in [2.45, 2.75) is 12.6 Å². The maximum absolute atomic E-state index is 12.7. The van der Waals surface area contributed by atoms with Gasteiger partial charge in [0.1, 0.15) is 11.6 Å². The molecule has 1 rings (SSSR count). The lowest BCUT2D eigenvalue weighted by Crippen LogP contribution is -2.24. The van der Waals surface area contributed by atoms with Crippen molar-refractivity contribution in [1.29, 1.82) is 0 Å². The first-order chi connectivity index (χ1) is 9.62. The van der Waals surface area contributed by atoms with Crippen molar-refractivity contribution in [3.63, 3.8) is 0 Å². The van der Waals surface area contributed by atoms with Gasteiger partial charge in [0.25, 0.3) is 0 Å². The van der Waals surface area contributed by atoms with Gasteiger partial charge in [0.05, 0.1) is 11.8 Å². The van der Waals surface area contributed by atoms with Crippen LogP contribution in [0.5, 0.6) is 0 Å². The highest BCUT2D eigenvalue weighted by Gasteiger charge is 2.31. The van der Waals surface area contributed by atoms with E-state index in [1.165, 1.54) is 0 Å². The molecule has 0 aliphatic carbocycles. The molecule has 0 saturated carbocycles. The van der Waals surface area contributed by atoms with E-state index in [4.69, 9.17) is 5.84 Å². The van der Waals surface area contributed by atoms with E-state index in [0.717, 1.165) is 18.4 Å². The molecule has 0 fully saturated rings. The smallest absolute Gasteiger partial charge is 0.370 e. The van der Waals surface area contributed by atoms with E-state index in [9.17, 15) is 21.6 Å². The zero-order valence-electron chi connectivity index (χ0n) is 11.2. The molecule has 21 heavy (non-hydrogen) atoms. The summed E-state index contributed by atoms with van der Waals surface area (Å²) in [6.45, 7) is 0.424. The quantitative estimate of drug-likeness (QED) is 0.334. The SMILES string of the molecule is CS(=O)(=O)NCCCNc1cc(C(F)(F)F)cc(NN)n1. The number of aromatic nitrogens is 1. The number of sulfonamides is 1. The number of alkyl halides is 3. The Labute approximate surface area is 120 Å². The van der Waals surface area contributed by atoms with E-state index in [1.807, 2.05) is 0 Å². The maximum Gasteiger partial charge on any atom is 0.416 e. The molecule has 11 heteroatoms. The molecule has 0 aromatic carbocycles. The standard InChI is InChI=1S/C10H16F3N5O2S/c1-21(19,20)16-4-2-3-15-8-5-7(10(11,12)13)6-9(17-8)18-14/h5-6,16H,2-4,14H2,1H3,(H2,15,17,18). The predicted molar refractivity (Wildman–Crippen MR) is 73.0 cm³/mol. The van der Waals surface area contributed by atoms with Crippen molar-refractivity contribution in [3.05, 3.63) is 17.7 Å². The van der Waals surface area contributed by atoms with Gasteiger partial charge in [-0.1, -0.05) is 0 Å². The van der Waals surface area contributed by atoms with Gasteiger partial charge in [-0.25, -0.2) is 24.0 Å². The largest absolute Gasteiger partial charge is 0.416 e. The van der Waals surface area contributed by atoms with Crippen LogP contribution >= 0.6 is 0 Å². The molecule has 0 atom stereocenters. The number of hydrazine groups is 1. The summed E-state index contributed by atoms with van der Waals surface area (Å²) in [7, 11) is -3.27. The van der Waals surface area contributed by atoms with Crippen LogP contribution in [0.15, 0.2) is 12.1 Å². The first-order valence-electron chi connectivity index (χ1n) is 5.86. The third-order valence-electron chi connectivity index (χ3n) is 2.32. The minimum absolute atomic E-state index is 0.00266. The van der Waals surface area contributed by atoms with Gasteiger partial charge in [0.15, 0.2) is 0 Å². The highest BCUT2D eigenvalue weighted by atomic mass is 32.2. The van der Waals surface area contributed by atoms with E-state index in [1.54, 1.807) is 0 Å². The Hall–Kier alpha value is -1.59.